The molecule has 4 heterocycles. The first-order chi connectivity index (χ1) is 33.4. The van der Waals surface area contributed by atoms with Gasteiger partial charge in [-0.1, -0.05) is 97.1 Å². The van der Waals surface area contributed by atoms with E-state index in [4.69, 9.17) is 0 Å². The summed E-state index contributed by atoms with van der Waals surface area (Å²) in [7, 11) is 8.53. The summed E-state index contributed by atoms with van der Waals surface area (Å²) in [6.45, 7) is 0. The predicted octanol–water partition coefficient (Wildman–Crippen LogP) is 15.8. The normalized spacial score (nSPS) is 13.9. The van der Waals surface area contributed by atoms with Gasteiger partial charge < -0.3 is 39.2 Å². The van der Waals surface area contributed by atoms with Crippen LogP contribution in [0.2, 0.25) is 0 Å². The fourth-order valence-corrected chi connectivity index (χ4v) is 11.1. The highest BCUT2D eigenvalue weighted by atomic mass is 15.3. The Morgan fingerprint density at radius 3 is 0.618 bits per heavy atom. The third-order valence-corrected chi connectivity index (χ3v) is 14.1. The lowest BCUT2D eigenvalue weighted by Crippen LogP contribution is -2.31. The first-order valence-corrected chi connectivity index (χ1v) is 22.9. The summed E-state index contributed by atoms with van der Waals surface area (Å²) in [5.41, 5.74) is 20.0. The predicted molar refractivity (Wildman–Crippen MR) is 282 cm³/mol. The lowest BCUT2D eigenvalue weighted by molar-refractivity contribution is 1.08. The number of anilines is 20. The molecule has 68 heavy (non-hydrogen) atoms. The molecule has 0 N–H and O–H groups in total. The number of benzene rings is 9. The Morgan fingerprint density at radius 2 is 0.426 bits per heavy atom. The first-order valence-electron chi connectivity index (χ1n) is 22.9. The van der Waals surface area contributed by atoms with Gasteiger partial charge in [-0.3, -0.25) is 0 Å². The minimum Gasteiger partial charge on any atom is -0.341 e. The molecule has 4 aliphatic rings. The van der Waals surface area contributed by atoms with Gasteiger partial charge in [-0.25, -0.2) is 0 Å². The molecule has 9 aromatic rings. The van der Waals surface area contributed by atoms with Gasteiger partial charge in [-0.2, -0.15) is 5.26 Å². The number of hydrogen-bond acceptors (Lipinski definition) is 9. The van der Waals surface area contributed by atoms with Crippen LogP contribution < -0.4 is 39.2 Å². The molecule has 0 atom stereocenters. The average Bonchev–Trinajstić information content (AvgIpc) is 3.39. The van der Waals surface area contributed by atoms with Crippen molar-refractivity contribution in [2.24, 2.45) is 0 Å². The topological polar surface area (TPSA) is 49.7 Å². The molecule has 0 saturated heterocycles. The molecule has 9 nitrogen and oxygen atoms in total. The lowest BCUT2D eigenvalue weighted by atomic mass is 9.95. The lowest BCUT2D eigenvalue weighted by Gasteiger charge is -2.46. The van der Waals surface area contributed by atoms with E-state index < -0.39 is 0 Å². The van der Waals surface area contributed by atoms with Crippen LogP contribution in [0.5, 0.6) is 0 Å². The van der Waals surface area contributed by atoms with Crippen molar-refractivity contribution in [3.8, 4) is 6.07 Å². The zero-order valence-electron chi connectivity index (χ0n) is 38.1. The van der Waals surface area contributed by atoms with E-state index in [0.29, 0.717) is 5.56 Å². The summed E-state index contributed by atoms with van der Waals surface area (Å²) in [6.07, 6.45) is 0. The molecule has 0 saturated carbocycles. The summed E-state index contributed by atoms with van der Waals surface area (Å²) < 4.78 is 0. The van der Waals surface area contributed by atoms with Gasteiger partial charge in [0.2, 0.25) is 0 Å². The quantitative estimate of drug-likeness (QED) is 0.172. The van der Waals surface area contributed by atoms with E-state index in [9.17, 15) is 5.26 Å². The summed E-state index contributed by atoms with van der Waals surface area (Å²) in [5, 5.41) is 12.6. The van der Waals surface area contributed by atoms with Crippen LogP contribution in [0.15, 0.2) is 200 Å². The van der Waals surface area contributed by atoms with Crippen LogP contribution in [0.3, 0.4) is 0 Å². The number of fused-ring (bicyclic) bond motifs is 8. The van der Waals surface area contributed by atoms with Gasteiger partial charge in [0.1, 0.15) is 11.6 Å². The van der Waals surface area contributed by atoms with Crippen LogP contribution in [-0.4, -0.2) is 28.2 Å². The molecule has 9 aromatic carbocycles. The Balaban J connectivity index is 1.26. The van der Waals surface area contributed by atoms with Crippen molar-refractivity contribution >= 4 is 114 Å². The van der Waals surface area contributed by atoms with E-state index in [1.54, 1.807) is 0 Å². The van der Waals surface area contributed by atoms with Crippen molar-refractivity contribution < 1.29 is 0 Å². The minimum atomic E-state index is 0.517. The highest BCUT2D eigenvalue weighted by molar-refractivity contribution is 6.14. The zero-order valence-corrected chi connectivity index (χ0v) is 38.1. The van der Waals surface area contributed by atoms with E-state index in [2.05, 4.69) is 274 Å². The summed E-state index contributed by atoms with van der Waals surface area (Å²) in [5.74, 6) is 0. The molecule has 9 heteroatoms. The third-order valence-electron chi connectivity index (χ3n) is 14.1. The number of rotatable bonds is 4. The van der Waals surface area contributed by atoms with Gasteiger partial charge in [0, 0.05) is 28.2 Å². The van der Waals surface area contributed by atoms with Crippen molar-refractivity contribution in [1.82, 2.24) is 0 Å². The molecule has 0 bridgehead atoms. The Kier molecular flexibility index (Phi) is 8.63. The summed E-state index contributed by atoms with van der Waals surface area (Å²) in [6, 6.07) is 73.9. The Bertz CT molecular complexity index is 3160. The first kappa shape index (κ1) is 39.3. The van der Waals surface area contributed by atoms with Gasteiger partial charge in [0.15, 0.2) is 0 Å². The van der Waals surface area contributed by atoms with Crippen LogP contribution in [0.4, 0.5) is 114 Å². The van der Waals surface area contributed by atoms with E-state index in [0.717, 1.165) is 114 Å². The molecule has 0 fully saturated rings. The SMILES string of the molecule is CN1c2ccccc2N(c2cc(N3c4ccccc4N(C)c4ccccc43)c(N3c4ccccc4N(C)c4ccccc43)c(C#N)c2N2c3ccccc3N(C)c3ccccc32)c2ccccc21. The van der Waals surface area contributed by atoms with E-state index >= 15 is 0 Å². The second-order valence-corrected chi connectivity index (χ2v) is 17.6. The maximum atomic E-state index is 12.6. The maximum Gasteiger partial charge on any atom is 0.104 e. The van der Waals surface area contributed by atoms with Gasteiger partial charge in [-0.15, -0.1) is 0 Å². The largest absolute Gasteiger partial charge is 0.341 e. The Morgan fingerprint density at radius 1 is 0.250 bits per heavy atom. The van der Waals surface area contributed by atoms with Gasteiger partial charge in [0.05, 0.1) is 114 Å². The fourth-order valence-electron chi connectivity index (χ4n) is 11.1. The molecule has 0 amide bonds. The number of para-hydroxylation sites is 16. The second kappa shape index (κ2) is 15.0. The highest BCUT2D eigenvalue weighted by Crippen LogP contribution is 2.65. The molecule has 13 rings (SSSR count). The standard InChI is InChI=1S/C59H45N9/c1-61-40-21-5-13-29-48(40)65(49-30-14-6-22-41(49)61)56-37-57(66-50-31-15-7-23-42(50)62(2)43-24-8-16-32-51(43)66)59(68-54-35-19-11-27-46(54)64(4)47-28-12-20-36-55(47)68)39(38-60)58(56)67-52-33-17-9-25-44(52)63(3)45-26-10-18-34-53(45)67/h5-37H,1-4H3. The van der Waals surface area contributed by atoms with Gasteiger partial charge >= 0.3 is 0 Å². The zero-order chi connectivity index (χ0) is 45.8. The molecule has 0 spiro atoms. The van der Waals surface area contributed by atoms with E-state index in [1.165, 1.54) is 0 Å². The van der Waals surface area contributed by atoms with Crippen LogP contribution in [0.25, 0.3) is 0 Å². The highest BCUT2D eigenvalue weighted by Gasteiger charge is 2.42. The van der Waals surface area contributed by atoms with Gasteiger partial charge in [-0.05, 0) is 103 Å². The number of nitrogens with zero attached hydrogens (tertiary/aromatic N) is 9. The smallest absolute Gasteiger partial charge is 0.104 e. The van der Waals surface area contributed by atoms with Crippen LogP contribution in [0, 0.1) is 11.3 Å². The van der Waals surface area contributed by atoms with Crippen LogP contribution in [0.1, 0.15) is 5.56 Å². The average molecular weight is 880 g/mol. The molecule has 4 aliphatic heterocycles. The molecular formula is C59H45N9. The van der Waals surface area contributed by atoms with E-state index in [-0.39, 0.29) is 0 Å². The number of nitriles is 1. The summed E-state index contributed by atoms with van der Waals surface area (Å²) in [4.78, 5) is 18.5. The molecule has 326 valence electrons. The summed E-state index contributed by atoms with van der Waals surface area (Å²) >= 11 is 0. The van der Waals surface area contributed by atoms with Crippen LogP contribution >= 0.6 is 0 Å². The van der Waals surface area contributed by atoms with E-state index in [1.807, 2.05) is 0 Å². The maximum absolute atomic E-state index is 12.6. The molecule has 0 unspecified atom stereocenters. The molecular weight excluding hydrogens is 835 g/mol. The van der Waals surface area contributed by atoms with Crippen LogP contribution in [-0.2, 0) is 0 Å². The van der Waals surface area contributed by atoms with Crippen molar-refractivity contribution in [3.05, 3.63) is 206 Å². The second-order valence-electron chi connectivity index (χ2n) is 17.6. The Labute approximate surface area is 396 Å². The third kappa shape index (κ3) is 5.43. The molecule has 0 aromatic heterocycles. The minimum absolute atomic E-state index is 0.517. The number of hydrogen-bond donors (Lipinski definition) is 0. The van der Waals surface area contributed by atoms with Crippen molar-refractivity contribution in [3.63, 3.8) is 0 Å². The fraction of sp³-hybridized carbons (Fsp3) is 0.0678. The molecule has 0 aliphatic carbocycles. The van der Waals surface area contributed by atoms with Crippen molar-refractivity contribution in [2.45, 2.75) is 0 Å². The Hall–Kier alpha value is -9.13. The molecule has 0 radical (unpaired) electrons. The van der Waals surface area contributed by atoms with Crippen molar-refractivity contribution in [2.75, 3.05) is 67.4 Å². The monoisotopic (exact) mass is 879 g/mol. The van der Waals surface area contributed by atoms with Crippen molar-refractivity contribution in [1.29, 1.82) is 5.26 Å². The van der Waals surface area contributed by atoms with Gasteiger partial charge in [0.25, 0.3) is 0 Å².